The van der Waals surface area contributed by atoms with Crippen LogP contribution in [0.25, 0.3) is 11.1 Å². The second-order valence-corrected chi connectivity index (χ2v) is 5.57. The number of hydrogen-bond donors (Lipinski definition) is 1. The average Bonchev–Trinajstić information content (AvgIpc) is 2.36. The van der Waals surface area contributed by atoms with E-state index in [0.717, 1.165) is 33.3 Å². The molecule has 0 aliphatic heterocycles. The fourth-order valence-electron chi connectivity index (χ4n) is 2.05. The summed E-state index contributed by atoms with van der Waals surface area (Å²) in [4.78, 5) is 0. The molecule has 1 nitrogen and oxygen atoms in total. The predicted molar refractivity (Wildman–Crippen MR) is 84.1 cm³/mol. The molecule has 0 saturated heterocycles. The summed E-state index contributed by atoms with van der Waals surface area (Å²) in [6.45, 7) is 4.92. The molecule has 2 aromatic carbocycles. The largest absolute Gasteiger partial charge is 0.316 e. The van der Waals surface area contributed by atoms with Crippen molar-refractivity contribution in [3.63, 3.8) is 0 Å². The summed E-state index contributed by atoms with van der Waals surface area (Å²) in [5.74, 6) is 0. The Morgan fingerprint density at radius 3 is 2.26 bits per heavy atom. The number of halogens is 2. The van der Waals surface area contributed by atoms with E-state index >= 15 is 0 Å². The third-order valence-electron chi connectivity index (χ3n) is 3.31. The predicted octanol–water partition coefficient (Wildman–Crippen LogP) is 5.00. The molecule has 2 rings (SSSR count). The zero-order valence-corrected chi connectivity index (χ0v) is 12.9. The molecule has 0 aliphatic carbocycles. The number of rotatable bonds is 3. The maximum atomic E-state index is 6.33. The van der Waals surface area contributed by atoms with Gasteiger partial charge in [0.25, 0.3) is 0 Å². The Kier molecular flexibility index (Phi) is 4.51. The van der Waals surface area contributed by atoms with Crippen molar-refractivity contribution in [1.29, 1.82) is 0 Å². The van der Waals surface area contributed by atoms with Gasteiger partial charge in [-0.2, -0.15) is 0 Å². The lowest BCUT2D eigenvalue weighted by Crippen LogP contribution is -2.05. The molecule has 100 valence electrons. The van der Waals surface area contributed by atoms with Gasteiger partial charge >= 0.3 is 0 Å². The summed E-state index contributed by atoms with van der Waals surface area (Å²) in [5.41, 5.74) is 5.61. The molecule has 2 aromatic rings. The maximum absolute atomic E-state index is 6.33. The van der Waals surface area contributed by atoms with Gasteiger partial charge in [-0.05, 0) is 61.3 Å². The quantitative estimate of drug-likeness (QED) is 0.840. The van der Waals surface area contributed by atoms with E-state index < -0.39 is 0 Å². The first-order valence-corrected chi connectivity index (χ1v) is 6.98. The van der Waals surface area contributed by atoms with Gasteiger partial charge in [-0.25, -0.2) is 0 Å². The first-order valence-electron chi connectivity index (χ1n) is 6.23. The van der Waals surface area contributed by atoms with E-state index in [1.807, 2.05) is 25.2 Å². The molecule has 19 heavy (non-hydrogen) atoms. The highest BCUT2D eigenvalue weighted by Crippen LogP contribution is 2.32. The molecular formula is C16H17Cl2N. The van der Waals surface area contributed by atoms with Gasteiger partial charge in [-0.1, -0.05) is 35.3 Å². The van der Waals surface area contributed by atoms with Gasteiger partial charge < -0.3 is 5.32 Å². The molecule has 3 heteroatoms. The van der Waals surface area contributed by atoms with Gasteiger partial charge in [-0.15, -0.1) is 0 Å². The SMILES string of the molecule is CNCc1ccc(-c2cc(C)c(C)cc2Cl)cc1Cl. The van der Waals surface area contributed by atoms with Crippen LogP contribution < -0.4 is 5.32 Å². The molecule has 0 radical (unpaired) electrons. The summed E-state index contributed by atoms with van der Waals surface area (Å²) < 4.78 is 0. The highest BCUT2D eigenvalue weighted by molar-refractivity contribution is 6.34. The minimum atomic E-state index is 0.764. The van der Waals surface area contributed by atoms with Gasteiger partial charge in [0.2, 0.25) is 0 Å². The van der Waals surface area contributed by atoms with Crippen LogP contribution in [0, 0.1) is 13.8 Å². The molecule has 0 bridgehead atoms. The van der Waals surface area contributed by atoms with Crippen molar-refractivity contribution in [2.24, 2.45) is 0 Å². The van der Waals surface area contributed by atoms with Crippen LogP contribution in [-0.4, -0.2) is 7.05 Å². The van der Waals surface area contributed by atoms with Gasteiger partial charge in [0.05, 0.1) is 0 Å². The number of benzene rings is 2. The molecule has 0 aliphatic rings. The molecule has 1 N–H and O–H groups in total. The van der Waals surface area contributed by atoms with Gasteiger partial charge in [0, 0.05) is 22.2 Å². The fraction of sp³-hybridized carbons (Fsp3) is 0.250. The minimum Gasteiger partial charge on any atom is -0.316 e. The van der Waals surface area contributed by atoms with Gasteiger partial charge in [-0.3, -0.25) is 0 Å². The van der Waals surface area contributed by atoms with Crippen molar-refractivity contribution < 1.29 is 0 Å². The average molecular weight is 294 g/mol. The van der Waals surface area contributed by atoms with Crippen molar-refractivity contribution >= 4 is 23.2 Å². The van der Waals surface area contributed by atoms with Crippen LogP contribution in [-0.2, 0) is 6.54 Å². The first kappa shape index (κ1) is 14.4. The van der Waals surface area contributed by atoms with Crippen LogP contribution in [0.2, 0.25) is 10.0 Å². The Hall–Kier alpha value is -1.02. The third-order valence-corrected chi connectivity index (χ3v) is 3.98. The van der Waals surface area contributed by atoms with E-state index in [4.69, 9.17) is 23.2 Å². The van der Waals surface area contributed by atoms with Crippen LogP contribution >= 0.6 is 23.2 Å². The van der Waals surface area contributed by atoms with E-state index in [-0.39, 0.29) is 0 Å². The lowest BCUT2D eigenvalue weighted by Gasteiger charge is -2.11. The van der Waals surface area contributed by atoms with Crippen molar-refractivity contribution in [3.05, 3.63) is 57.1 Å². The first-order chi connectivity index (χ1) is 9.02. The zero-order chi connectivity index (χ0) is 14.0. The topological polar surface area (TPSA) is 12.0 Å². The van der Waals surface area contributed by atoms with E-state index in [9.17, 15) is 0 Å². The van der Waals surface area contributed by atoms with Gasteiger partial charge in [0.1, 0.15) is 0 Å². The number of aryl methyl sites for hydroxylation is 2. The Bertz CT molecular complexity index is 606. The molecule has 0 unspecified atom stereocenters. The summed E-state index contributed by atoms with van der Waals surface area (Å²) >= 11 is 12.6. The van der Waals surface area contributed by atoms with E-state index in [1.165, 1.54) is 11.1 Å². The monoisotopic (exact) mass is 293 g/mol. The number of hydrogen-bond acceptors (Lipinski definition) is 1. The summed E-state index contributed by atoms with van der Waals surface area (Å²) in [5, 5.41) is 4.63. The lowest BCUT2D eigenvalue weighted by atomic mass is 9.99. The standard InChI is InChI=1S/C16H17Cl2N/c1-10-6-14(16(18)7-11(10)2)12-4-5-13(9-19-3)15(17)8-12/h4-8,19H,9H2,1-3H3. The van der Waals surface area contributed by atoms with Crippen LogP contribution in [0.4, 0.5) is 0 Å². The summed E-state index contributed by atoms with van der Waals surface area (Å²) in [6.07, 6.45) is 0. The Morgan fingerprint density at radius 1 is 0.947 bits per heavy atom. The second-order valence-electron chi connectivity index (χ2n) is 4.75. The molecule has 0 spiro atoms. The minimum absolute atomic E-state index is 0.764. The number of nitrogens with one attached hydrogen (secondary N) is 1. The van der Waals surface area contributed by atoms with Crippen molar-refractivity contribution in [1.82, 2.24) is 5.32 Å². The van der Waals surface area contributed by atoms with Crippen LogP contribution in [0.5, 0.6) is 0 Å². The zero-order valence-electron chi connectivity index (χ0n) is 11.3. The van der Waals surface area contributed by atoms with E-state index in [2.05, 4.69) is 31.3 Å². The third kappa shape index (κ3) is 3.11. The lowest BCUT2D eigenvalue weighted by molar-refractivity contribution is 0.818. The summed E-state index contributed by atoms with van der Waals surface area (Å²) in [6, 6.07) is 10.2. The second kappa shape index (κ2) is 5.96. The normalized spacial score (nSPS) is 10.8. The maximum Gasteiger partial charge on any atom is 0.0487 e. The van der Waals surface area contributed by atoms with Crippen LogP contribution in [0.1, 0.15) is 16.7 Å². The fourth-order valence-corrected chi connectivity index (χ4v) is 2.63. The molecule has 0 amide bonds. The van der Waals surface area contributed by atoms with Crippen molar-refractivity contribution in [2.75, 3.05) is 7.05 Å². The highest BCUT2D eigenvalue weighted by atomic mass is 35.5. The van der Waals surface area contributed by atoms with Crippen LogP contribution in [0.3, 0.4) is 0 Å². The van der Waals surface area contributed by atoms with E-state index in [0.29, 0.717) is 0 Å². The van der Waals surface area contributed by atoms with E-state index in [1.54, 1.807) is 0 Å². The van der Waals surface area contributed by atoms with Crippen LogP contribution in [0.15, 0.2) is 30.3 Å². The smallest absolute Gasteiger partial charge is 0.0487 e. The van der Waals surface area contributed by atoms with Crippen molar-refractivity contribution in [3.8, 4) is 11.1 Å². The molecule has 0 atom stereocenters. The Balaban J connectivity index is 2.48. The molecule has 0 saturated carbocycles. The summed E-state index contributed by atoms with van der Waals surface area (Å²) in [7, 11) is 1.91. The molecule has 0 aromatic heterocycles. The molecular weight excluding hydrogens is 277 g/mol. The highest BCUT2D eigenvalue weighted by Gasteiger charge is 2.08. The Labute approximate surface area is 124 Å². The van der Waals surface area contributed by atoms with Gasteiger partial charge in [0.15, 0.2) is 0 Å². The van der Waals surface area contributed by atoms with Crippen molar-refractivity contribution in [2.45, 2.75) is 20.4 Å². The molecule has 0 fully saturated rings. The Morgan fingerprint density at radius 2 is 1.63 bits per heavy atom. The molecule has 0 heterocycles.